The predicted octanol–water partition coefficient (Wildman–Crippen LogP) is 2.98. The number of amides is 1. The fraction of sp³-hybridized carbons (Fsp3) is 0.250. The summed E-state index contributed by atoms with van der Waals surface area (Å²) in [5, 5.41) is 9.07. The van der Waals surface area contributed by atoms with Crippen LogP contribution in [0.5, 0.6) is 0 Å². The van der Waals surface area contributed by atoms with Gasteiger partial charge >= 0.3 is 5.69 Å². The summed E-state index contributed by atoms with van der Waals surface area (Å²) < 4.78 is 14.6. The average Bonchev–Trinajstić information content (AvgIpc) is 3.38. The van der Waals surface area contributed by atoms with E-state index < -0.39 is 6.04 Å². The van der Waals surface area contributed by atoms with Gasteiger partial charge in [0.2, 0.25) is 5.91 Å². The van der Waals surface area contributed by atoms with Crippen molar-refractivity contribution in [1.29, 1.82) is 0 Å². The van der Waals surface area contributed by atoms with Crippen LogP contribution in [0, 0.1) is 0 Å². The maximum Gasteiger partial charge on any atom is 0.343 e. The monoisotopic (exact) mass is 413 g/mol. The number of aromatic nitrogens is 3. The van der Waals surface area contributed by atoms with Crippen LogP contribution < -0.4 is 16.7 Å². The Kier molecular flexibility index (Phi) is 5.41. The molecule has 3 aromatic rings. The van der Waals surface area contributed by atoms with Gasteiger partial charge in [0.25, 0.3) is 0 Å². The lowest BCUT2D eigenvalue weighted by molar-refractivity contribution is -0.116. The smallest absolute Gasteiger partial charge is 0.327 e. The fourth-order valence-electron chi connectivity index (χ4n) is 3.46. The van der Waals surface area contributed by atoms with Crippen LogP contribution in [-0.2, 0) is 11.2 Å². The minimum absolute atomic E-state index is 0.0358. The highest BCUT2D eigenvalue weighted by Crippen LogP contribution is 2.37. The van der Waals surface area contributed by atoms with Crippen molar-refractivity contribution in [1.82, 2.24) is 14.8 Å². The Morgan fingerprint density at radius 2 is 2.17 bits per heavy atom. The van der Waals surface area contributed by atoms with Crippen molar-refractivity contribution in [3.63, 3.8) is 0 Å². The van der Waals surface area contributed by atoms with Crippen molar-refractivity contribution in [3.8, 4) is 10.4 Å². The molecule has 4 N–H and O–H groups in total. The zero-order valence-corrected chi connectivity index (χ0v) is 16.3. The minimum Gasteiger partial charge on any atom is -0.327 e. The van der Waals surface area contributed by atoms with Crippen molar-refractivity contribution in [3.05, 3.63) is 69.5 Å². The maximum absolute atomic E-state index is 13.2. The van der Waals surface area contributed by atoms with E-state index in [0.29, 0.717) is 24.7 Å². The summed E-state index contributed by atoms with van der Waals surface area (Å²) in [6, 6.07) is 9.49. The highest BCUT2D eigenvalue weighted by molar-refractivity contribution is 7.15. The van der Waals surface area contributed by atoms with Gasteiger partial charge in [-0.1, -0.05) is 6.07 Å². The molecule has 1 unspecified atom stereocenters. The number of thiophene rings is 1. The molecule has 1 aliphatic rings. The summed E-state index contributed by atoms with van der Waals surface area (Å²) in [6.07, 6.45) is 3.39. The fourth-order valence-corrected chi connectivity index (χ4v) is 4.56. The SMILES string of the molecule is NC/C(=C/F)CC(c1ccc(-c2ccc3c(c2)CCC(=O)N3)s1)n1cn[nH]c1=O. The summed E-state index contributed by atoms with van der Waals surface area (Å²) in [5.41, 5.74) is 8.68. The quantitative estimate of drug-likeness (QED) is 0.578. The van der Waals surface area contributed by atoms with Crippen molar-refractivity contribution in [2.45, 2.75) is 25.3 Å². The number of hydrogen-bond acceptors (Lipinski definition) is 5. The Morgan fingerprint density at radius 1 is 1.31 bits per heavy atom. The number of H-pyrrole nitrogens is 1. The van der Waals surface area contributed by atoms with E-state index >= 15 is 0 Å². The van der Waals surface area contributed by atoms with Gasteiger partial charge in [-0.2, -0.15) is 5.10 Å². The van der Waals surface area contributed by atoms with E-state index in [1.165, 1.54) is 22.2 Å². The maximum atomic E-state index is 13.2. The van der Waals surface area contributed by atoms with Gasteiger partial charge in [0.15, 0.2) is 0 Å². The molecule has 9 heteroatoms. The van der Waals surface area contributed by atoms with Crippen LogP contribution in [0.2, 0.25) is 0 Å². The lowest BCUT2D eigenvalue weighted by Gasteiger charge is -2.17. The number of rotatable bonds is 6. The third kappa shape index (κ3) is 3.92. The molecule has 7 nitrogen and oxygen atoms in total. The summed E-state index contributed by atoms with van der Waals surface area (Å²) in [5.74, 6) is 0.0358. The Bertz CT molecular complexity index is 1130. The predicted molar refractivity (Wildman–Crippen MR) is 111 cm³/mol. The van der Waals surface area contributed by atoms with Crippen LogP contribution in [0.15, 0.2) is 53.4 Å². The number of anilines is 1. The Morgan fingerprint density at radius 3 is 2.90 bits per heavy atom. The van der Waals surface area contributed by atoms with Crippen LogP contribution in [-0.4, -0.2) is 27.2 Å². The van der Waals surface area contributed by atoms with Crippen LogP contribution in [0.4, 0.5) is 10.1 Å². The standard InChI is InChI=1S/C20H20FN5O2S/c21-9-12(10-22)7-16(26-11-23-25-20(26)28)18-5-4-17(29-18)14-1-3-15-13(8-14)2-6-19(27)24-15/h1,3-5,8-9,11,16H,2,6-7,10,22H2,(H,24,27)(H,25,28)/b12-9+. The normalized spacial score (nSPS) is 15.1. The number of hydrogen-bond donors (Lipinski definition) is 3. The number of aryl methyl sites for hydroxylation is 1. The van der Waals surface area contributed by atoms with Gasteiger partial charge in [-0.3, -0.25) is 9.36 Å². The van der Waals surface area contributed by atoms with Gasteiger partial charge in [0.1, 0.15) is 6.33 Å². The molecule has 1 amide bonds. The lowest BCUT2D eigenvalue weighted by Crippen LogP contribution is -2.23. The molecule has 0 aliphatic carbocycles. The first kappa shape index (κ1) is 19.3. The van der Waals surface area contributed by atoms with Gasteiger partial charge < -0.3 is 11.1 Å². The van der Waals surface area contributed by atoms with Crippen molar-refractivity contribution in [2.24, 2.45) is 5.73 Å². The molecule has 0 radical (unpaired) electrons. The van der Waals surface area contributed by atoms with Gasteiger partial charge in [-0.15, -0.1) is 11.3 Å². The zero-order chi connectivity index (χ0) is 20.4. The van der Waals surface area contributed by atoms with E-state index in [9.17, 15) is 14.0 Å². The van der Waals surface area contributed by atoms with Crippen LogP contribution in [0.1, 0.15) is 29.3 Å². The molecule has 0 saturated carbocycles. The third-order valence-electron chi connectivity index (χ3n) is 5.03. The largest absolute Gasteiger partial charge is 0.343 e. The second-order valence-corrected chi connectivity index (χ2v) is 8.00. The van der Waals surface area contributed by atoms with E-state index in [-0.39, 0.29) is 24.6 Å². The second-order valence-electron chi connectivity index (χ2n) is 6.88. The molecule has 4 rings (SSSR count). The third-order valence-corrected chi connectivity index (χ3v) is 6.26. The van der Waals surface area contributed by atoms with E-state index in [0.717, 1.165) is 26.6 Å². The summed E-state index contributed by atoms with van der Waals surface area (Å²) in [7, 11) is 0. The minimum atomic E-state index is -0.400. The number of nitrogens with zero attached hydrogens (tertiary/aromatic N) is 2. The van der Waals surface area contributed by atoms with E-state index in [1.54, 1.807) is 0 Å². The zero-order valence-electron chi connectivity index (χ0n) is 15.5. The Hall–Kier alpha value is -3.04. The number of aromatic amines is 1. The van der Waals surface area contributed by atoms with Gasteiger partial charge in [0.05, 0.1) is 12.4 Å². The molecule has 1 aromatic carbocycles. The van der Waals surface area contributed by atoms with Crippen molar-refractivity contribution in [2.75, 3.05) is 11.9 Å². The highest BCUT2D eigenvalue weighted by Gasteiger charge is 2.21. The first-order valence-corrected chi connectivity index (χ1v) is 10.0. The molecule has 0 spiro atoms. The Balaban J connectivity index is 1.68. The number of nitrogens with one attached hydrogen (secondary N) is 2. The molecular weight excluding hydrogens is 393 g/mol. The van der Waals surface area contributed by atoms with E-state index in [2.05, 4.69) is 21.6 Å². The van der Waals surface area contributed by atoms with Gasteiger partial charge in [-0.05, 0) is 53.8 Å². The topological polar surface area (TPSA) is 106 Å². The summed E-state index contributed by atoms with van der Waals surface area (Å²) in [6.45, 7) is 0.0778. The number of nitrogens with two attached hydrogens (primary N) is 1. The average molecular weight is 413 g/mol. The number of fused-ring (bicyclic) bond motifs is 1. The lowest BCUT2D eigenvalue weighted by atomic mass is 10.00. The van der Waals surface area contributed by atoms with Gasteiger partial charge in [0, 0.05) is 28.4 Å². The van der Waals surface area contributed by atoms with Crippen molar-refractivity contribution < 1.29 is 9.18 Å². The molecule has 29 heavy (non-hydrogen) atoms. The molecule has 0 bridgehead atoms. The number of carbonyl (C=O) groups is 1. The van der Waals surface area contributed by atoms with Crippen molar-refractivity contribution >= 4 is 22.9 Å². The molecule has 1 aliphatic heterocycles. The Labute approximate surface area is 170 Å². The number of benzene rings is 1. The molecule has 2 aromatic heterocycles. The van der Waals surface area contributed by atoms with E-state index in [4.69, 9.17) is 5.73 Å². The molecular formula is C20H20FN5O2S. The van der Waals surface area contributed by atoms with Crippen LogP contribution in [0.25, 0.3) is 10.4 Å². The molecule has 0 fully saturated rings. The summed E-state index contributed by atoms with van der Waals surface area (Å²) >= 11 is 1.54. The second kappa shape index (κ2) is 8.14. The van der Waals surface area contributed by atoms with Crippen LogP contribution >= 0.6 is 11.3 Å². The summed E-state index contributed by atoms with van der Waals surface area (Å²) in [4.78, 5) is 25.6. The first-order chi connectivity index (χ1) is 14.1. The first-order valence-electron chi connectivity index (χ1n) is 9.21. The van der Waals surface area contributed by atoms with Gasteiger partial charge in [-0.25, -0.2) is 14.3 Å². The highest BCUT2D eigenvalue weighted by atomic mass is 32.1. The molecule has 150 valence electrons. The molecule has 0 saturated heterocycles. The molecule has 1 atom stereocenters. The van der Waals surface area contributed by atoms with Crippen LogP contribution in [0.3, 0.4) is 0 Å². The molecule has 3 heterocycles. The number of carbonyl (C=O) groups excluding carboxylic acids is 1. The van der Waals surface area contributed by atoms with E-state index in [1.807, 2.05) is 24.3 Å². The number of halogens is 1.